The molecule has 2 aromatic carbocycles. The minimum Gasteiger partial charge on any atom is -0.322 e. The molecule has 2 heterocycles. The number of halogens is 6. The third-order valence-corrected chi connectivity index (χ3v) is 6.17. The Morgan fingerprint density at radius 3 is 2.42 bits per heavy atom. The number of carbonyl (C=O) groups excluding carboxylic acids is 1. The van der Waals surface area contributed by atoms with Gasteiger partial charge in [0.1, 0.15) is 17.1 Å². The number of hydrogen-bond acceptors (Lipinski definition) is 5. The lowest BCUT2D eigenvalue weighted by atomic mass is 10.1. The molecule has 188 valence electrons. The second-order valence-corrected chi connectivity index (χ2v) is 9.62. The first kappa shape index (κ1) is 25.2. The van der Waals surface area contributed by atoms with E-state index in [4.69, 9.17) is 0 Å². The van der Waals surface area contributed by atoms with Crippen LogP contribution < -0.4 is 5.32 Å². The van der Waals surface area contributed by atoms with Gasteiger partial charge in [-0.3, -0.25) is 4.79 Å². The van der Waals surface area contributed by atoms with Gasteiger partial charge in [0, 0.05) is 17.5 Å². The zero-order chi connectivity index (χ0) is 26.4. The highest BCUT2D eigenvalue weighted by molar-refractivity contribution is 7.90. The van der Waals surface area contributed by atoms with Crippen molar-refractivity contribution in [2.45, 2.75) is 17.5 Å². The maximum atomic E-state index is 14.1. The van der Waals surface area contributed by atoms with E-state index in [1.165, 1.54) is 24.3 Å². The number of alkyl halides is 5. The molecule has 14 heteroatoms. The standard InChI is InChI=1S/C22H14F6N4O3S/c1-36(34,35)13-4-2-3-12(8-13)30-21(33)14-10-29-32-18(19(24)25)9-17(31-20(14)32)11-5-6-15(16(23)7-11)22(26,27)28/h2-10,19H,1H3,(H,30,33). The Bertz CT molecular complexity index is 1600. The molecular formula is C22H14F6N4O3S. The lowest BCUT2D eigenvalue weighted by Crippen LogP contribution is -2.13. The number of rotatable bonds is 5. The molecule has 0 bridgehead atoms. The van der Waals surface area contributed by atoms with Crippen LogP contribution in [0.1, 0.15) is 28.0 Å². The van der Waals surface area contributed by atoms with Gasteiger partial charge in [0.25, 0.3) is 12.3 Å². The molecule has 0 radical (unpaired) electrons. The van der Waals surface area contributed by atoms with Crippen LogP contribution in [0.4, 0.5) is 32.0 Å². The van der Waals surface area contributed by atoms with Crippen molar-refractivity contribution in [2.75, 3.05) is 11.6 Å². The lowest BCUT2D eigenvalue weighted by molar-refractivity contribution is -0.139. The smallest absolute Gasteiger partial charge is 0.322 e. The van der Waals surface area contributed by atoms with Gasteiger partial charge in [-0.25, -0.2) is 31.1 Å². The van der Waals surface area contributed by atoms with Gasteiger partial charge in [-0.05, 0) is 36.4 Å². The highest BCUT2D eigenvalue weighted by atomic mass is 32.2. The highest BCUT2D eigenvalue weighted by Crippen LogP contribution is 2.34. The molecule has 0 saturated carbocycles. The fourth-order valence-electron chi connectivity index (χ4n) is 3.36. The monoisotopic (exact) mass is 528 g/mol. The Labute approximate surface area is 199 Å². The predicted molar refractivity (Wildman–Crippen MR) is 116 cm³/mol. The van der Waals surface area contributed by atoms with E-state index in [9.17, 15) is 39.6 Å². The van der Waals surface area contributed by atoms with Crippen LogP contribution >= 0.6 is 0 Å². The summed E-state index contributed by atoms with van der Waals surface area (Å²) < 4.78 is 104. The summed E-state index contributed by atoms with van der Waals surface area (Å²) in [5.41, 5.74) is -3.43. The summed E-state index contributed by atoms with van der Waals surface area (Å²) in [4.78, 5) is 16.8. The summed E-state index contributed by atoms with van der Waals surface area (Å²) in [6.07, 6.45) is -6.17. The van der Waals surface area contributed by atoms with Crippen LogP contribution in [0, 0.1) is 5.82 Å². The van der Waals surface area contributed by atoms with Gasteiger partial charge in [-0.15, -0.1) is 0 Å². The van der Waals surface area contributed by atoms with Crippen LogP contribution in [0.25, 0.3) is 16.9 Å². The Morgan fingerprint density at radius 2 is 1.81 bits per heavy atom. The molecule has 0 aliphatic carbocycles. The summed E-state index contributed by atoms with van der Waals surface area (Å²) in [6.45, 7) is 0. The van der Waals surface area contributed by atoms with Crippen molar-refractivity contribution in [3.8, 4) is 11.3 Å². The number of anilines is 1. The van der Waals surface area contributed by atoms with Crippen molar-refractivity contribution >= 4 is 27.1 Å². The van der Waals surface area contributed by atoms with Crippen molar-refractivity contribution in [2.24, 2.45) is 0 Å². The molecule has 0 aliphatic heterocycles. The number of carbonyl (C=O) groups is 1. The summed E-state index contributed by atoms with van der Waals surface area (Å²) in [5, 5.41) is 6.17. The SMILES string of the molecule is CS(=O)(=O)c1cccc(NC(=O)c2cnn3c(C(F)F)cc(-c4ccc(C(F)(F)F)c(F)c4)nc23)c1. The number of amides is 1. The topological polar surface area (TPSA) is 93.4 Å². The Morgan fingerprint density at radius 1 is 1.08 bits per heavy atom. The van der Waals surface area contributed by atoms with E-state index in [2.05, 4.69) is 15.4 Å². The number of fused-ring (bicyclic) bond motifs is 1. The number of nitrogens with one attached hydrogen (secondary N) is 1. The zero-order valence-electron chi connectivity index (χ0n) is 18.0. The van der Waals surface area contributed by atoms with Crippen molar-refractivity contribution in [3.63, 3.8) is 0 Å². The van der Waals surface area contributed by atoms with Crippen LogP contribution in [0.15, 0.2) is 59.6 Å². The molecule has 0 spiro atoms. The van der Waals surface area contributed by atoms with Crippen molar-refractivity contribution in [1.82, 2.24) is 14.6 Å². The maximum absolute atomic E-state index is 14.1. The van der Waals surface area contributed by atoms with Crippen LogP contribution in [-0.2, 0) is 16.0 Å². The average molecular weight is 528 g/mol. The molecular weight excluding hydrogens is 514 g/mol. The number of sulfone groups is 1. The Balaban J connectivity index is 1.79. The second kappa shape index (κ2) is 8.93. The molecule has 0 atom stereocenters. The summed E-state index contributed by atoms with van der Waals surface area (Å²) >= 11 is 0. The Kier molecular flexibility index (Phi) is 6.24. The third-order valence-electron chi connectivity index (χ3n) is 5.06. The quantitative estimate of drug-likeness (QED) is 0.362. The second-order valence-electron chi connectivity index (χ2n) is 7.61. The van der Waals surface area contributed by atoms with E-state index in [0.29, 0.717) is 16.6 Å². The van der Waals surface area contributed by atoms with Crippen LogP contribution in [0.3, 0.4) is 0 Å². The minimum absolute atomic E-state index is 0.0788. The highest BCUT2D eigenvalue weighted by Gasteiger charge is 2.34. The molecule has 4 rings (SSSR count). The zero-order valence-corrected chi connectivity index (χ0v) is 18.8. The molecule has 0 fully saturated rings. The molecule has 4 aromatic rings. The molecule has 7 nitrogen and oxygen atoms in total. The largest absolute Gasteiger partial charge is 0.419 e. The van der Waals surface area contributed by atoms with Gasteiger partial charge in [-0.1, -0.05) is 12.1 Å². The van der Waals surface area contributed by atoms with Crippen LogP contribution in [0.2, 0.25) is 0 Å². The molecule has 1 amide bonds. The van der Waals surface area contributed by atoms with Crippen molar-refractivity contribution in [3.05, 3.63) is 77.4 Å². The van der Waals surface area contributed by atoms with Crippen molar-refractivity contribution < 1.29 is 39.6 Å². The third kappa shape index (κ3) is 4.89. The van der Waals surface area contributed by atoms with E-state index in [1.807, 2.05) is 0 Å². The molecule has 0 aliphatic rings. The maximum Gasteiger partial charge on any atom is 0.419 e. The van der Waals surface area contributed by atoms with Gasteiger partial charge in [0.05, 0.1) is 22.3 Å². The molecule has 36 heavy (non-hydrogen) atoms. The molecule has 2 aromatic heterocycles. The van der Waals surface area contributed by atoms with Crippen LogP contribution in [0.5, 0.6) is 0 Å². The first-order valence-corrected chi connectivity index (χ1v) is 11.8. The predicted octanol–water partition coefficient (Wildman–Crippen LogP) is 5.15. The van der Waals surface area contributed by atoms with Crippen molar-refractivity contribution in [1.29, 1.82) is 0 Å². The first-order chi connectivity index (χ1) is 16.8. The van der Waals surface area contributed by atoms with Gasteiger partial charge >= 0.3 is 6.18 Å². The molecule has 0 unspecified atom stereocenters. The molecule has 0 saturated heterocycles. The van der Waals surface area contributed by atoms with Gasteiger partial charge < -0.3 is 5.32 Å². The molecule has 1 N–H and O–H groups in total. The van der Waals surface area contributed by atoms with E-state index in [0.717, 1.165) is 24.6 Å². The van der Waals surface area contributed by atoms with Crippen LogP contribution in [-0.4, -0.2) is 35.2 Å². The lowest BCUT2D eigenvalue weighted by Gasteiger charge is -2.11. The fraction of sp³-hybridized carbons (Fsp3) is 0.136. The number of hydrogen-bond donors (Lipinski definition) is 1. The van der Waals surface area contributed by atoms with E-state index >= 15 is 0 Å². The van der Waals surface area contributed by atoms with Gasteiger partial charge in [0.15, 0.2) is 15.5 Å². The number of benzene rings is 2. The summed E-state index contributed by atoms with van der Waals surface area (Å²) in [7, 11) is -3.58. The summed E-state index contributed by atoms with van der Waals surface area (Å²) in [5.74, 6) is -2.50. The van der Waals surface area contributed by atoms with Gasteiger partial charge in [0.2, 0.25) is 0 Å². The summed E-state index contributed by atoms with van der Waals surface area (Å²) in [6, 6.07) is 7.93. The normalized spacial score (nSPS) is 12.3. The fourth-order valence-corrected chi connectivity index (χ4v) is 4.02. The number of nitrogens with zero attached hydrogens (tertiary/aromatic N) is 3. The number of aromatic nitrogens is 3. The average Bonchev–Trinajstić information content (AvgIpc) is 3.21. The Hall–Kier alpha value is -3.94. The minimum atomic E-state index is -4.96. The van der Waals surface area contributed by atoms with E-state index in [-0.39, 0.29) is 33.1 Å². The van der Waals surface area contributed by atoms with E-state index in [1.54, 1.807) is 0 Å². The first-order valence-electron chi connectivity index (χ1n) is 9.91. The van der Waals surface area contributed by atoms with E-state index < -0.39 is 45.4 Å². The van der Waals surface area contributed by atoms with Gasteiger partial charge in [-0.2, -0.15) is 18.3 Å².